The van der Waals surface area contributed by atoms with Gasteiger partial charge in [0.1, 0.15) is 17.1 Å². The predicted molar refractivity (Wildman–Crippen MR) is 137 cm³/mol. The maximum atomic E-state index is 12.4. The molecule has 1 saturated carbocycles. The molecule has 2 N–H and O–H groups in total. The molecule has 0 amide bonds. The van der Waals surface area contributed by atoms with Crippen molar-refractivity contribution in [2.24, 2.45) is 11.8 Å². The molecule has 184 valence electrons. The van der Waals surface area contributed by atoms with Crippen molar-refractivity contribution in [2.75, 3.05) is 30.4 Å². The molecule has 0 aromatic carbocycles. The number of nitrogens with one attached hydrogen (secondary N) is 2. The normalized spacial score (nSPS) is 21.3. The Morgan fingerprint density at radius 3 is 2.57 bits per heavy atom. The molecule has 35 heavy (non-hydrogen) atoms. The number of carbonyl (C=O) groups excluding carboxylic acids is 1. The summed E-state index contributed by atoms with van der Waals surface area (Å²) in [6.45, 7) is 4.17. The van der Waals surface area contributed by atoms with Gasteiger partial charge in [-0.1, -0.05) is 18.5 Å². The second-order valence-electron chi connectivity index (χ2n) is 9.75. The number of hydrogen-bond acceptors (Lipinski definition) is 8. The van der Waals surface area contributed by atoms with E-state index < -0.39 is 0 Å². The van der Waals surface area contributed by atoms with Crippen LogP contribution < -0.4 is 10.6 Å². The Hall–Kier alpha value is -2.84. The third kappa shape index (κ3) is 5.87. The van der Waals surface area contributed by atoms with Crippen molar-refractivity contribution in [1.29, 1.82) is 0 Å². The van der Waals surface area contributed by atoms with E-state index in [1.165, 1.54) is 0 Å². The molecular weight excluding hydrogens is 464 g/mol. The fourth-order valence-corrected chi connectivity index (χ4v) is 4.96. The molecule has 1 atom stereocenters. The number of nitrogens with zero attached hydrogens (tertiary/aromatic N) is 4. The summed E-state index contributed by atoms with van der Waals surface area (Å²) in [6.07, 6.45) is 10.2. The zero-order chi connectivity index (χ0) is 24.2. The van der Waals surface area contributed by atoms with Crippen LogP contribution >= 0.6 is 11.6 Å². The zero-order valence-corrected chi connectivity index (χ0v) is 20.7. The molecule has 1 aliphatic heterocycles. The van der Waals surface area contributed by atoms with Gasteiger partial charge >= 0.3 is 0 Å². The third-order valence-electron chi connectivity index (χ3n) is 7.16. The molecule has 2 aliphatic rings. The van der Waals surface area contributed by atoms with Crippen LogP contribution in [-0.2, 0) is 9.53 Å². The zero-order valence-electron chi connectivity index (χ0n) is 19.9. The smallest absolute Gasteiger partial charge is 0.222 e. The first kappa shape index (κ1) is 23.9. The molecule has 5 rings (SSSR count). The number of pyridine rings is 2. The molecule has 0 radical (unpaired) electrons. The van der Waals surface area contributed by atoms with Crippen molar-refractivity contribution in [2.45, 2.75) is 51.0 Å². The first-order valence-electron chi connectivity index (χ1n) is 12.4. The summed E-state index contributed by atoms with van der Waals surface area (Å²) < 4.78 is 5.17. The second kappa shape index (κ2) is 10.8. The number of fused-ring (bicyclic) bond motifs is 1. The summed E-state index contributed by atoms with van der Waals surface area (Å²) in [7, 11) is 0. The van der Waals surface area contributed by atoms with E-state index in [1.807, 2.05) is 25.1 Å². The molecule has 1 aliphatic carbocycles. The Bertz CT molecular complexity index is 1160. The van der Waals surface area contributed by atoms with E-state index in [9.17, 15) is 4.79 Å². The van der Waals surface area contributed by atoms with Gasteiger partial charge in [0, 0.05) is 54.8 Å². The highest BCUT2D eigenvalue weighted by molar-refractivity contribution is 6.33. The summed E-state index contributed by atoms with van der Waals surface area (Å²) >= 11 is 6.20. The van der Waals surface area contributed by atoms with Gasteiger partial charge in [0.15, 0.2) is 5.15 Å². The maximum absolute atomic E-state index is 12.4. The summed E-state index contributed by atoms with van der Waals surface area (Å²) in [4.78, 5) is 30.1. The molecule has 3 aromatic rings. The molecule has 0 unspecified atom stereocenters. The van der Waals surface area contributed by atoms with E-state index in [1.54, 1.807) is 18.6 Å². The first-order valence-corrected chi connectivity index (χ1v) is 12.8. The number of halogens is 1. The molecule has 8 nitrogen and oxygen atoms in total. The van der Waals surface area contributed by atoms with E-state index in [2.05, 4.69) is 30.6 Å². The van der Waals surface area contributed by atoms with Gasteiger partial charge in [-0.15, -0.1) is 0 Å². The number of anilines is 2. The van der Waals surface area contributed by atoms with Crippen molar-refractivity contribution in [3.63, 3.8) is 0 Å². The molecule has 0 bridgehead atoms. The van der Waals surface area contributed by atoms with Crippen LogP contribution in [0, 0.1) is 11.8 Å². The molecule has 9 heteroatoms. The van der Waals surface area contributed by atoms with Crippen molar-refractivity contribution in [3.8, 4) is 0 Å². The Kier molecular flexibility index (Phi) is 7.39. The lowest BCUT2D eigenvalue weighted by molar-refractivity contribution is -0.125. The molecule has 4 heterocycles. The fraction of sp³-hybridized carbons (Fsp3) is 0.500. The lowest BCUT2D eigenvalue weighted by Crippen LogP contribution is -2.30. The summed E-state index contributed by atoms with van der Waals surface area (Å²) in [5.41, 5.74) is 1.60. The monoisotopic (exact) mass is 494 g/mol. The minimum atomic E-state index is -0.184. The van der Waals surface area contributed by atoms with Gasteiger partial charge in [0.25, 0.3) is 0 Å². The van der Waals surface area contributed by atoms with Gasteiger partial charge in [-0.25, -0.2) is 19.9 Å². The average Bonchev–Trinajstić information content (AvgIpc) is 2.86. The van der Waals surface area contributed by atoms with Crippen LogP contribution in [0.5, 0.6) is 0 Å². The predicted octanol–water partition coefficient (Wildman–Crippen LogP) is 4.87. The van der Waals surface area contributed by atoms with Crippen LogP contribution in [0.2, 0.25) is 5.15 Å². The molecule has 3 aromatic heterocycles. The Morgan fingerprint density at radius 2 is 1.86 bits per heavy atom. The quantitative estimate of drug-likeness (QED) is 0.406. The Morgan fingerprint density at radius 1 is 1.09 bits per heavy atom. The van der Waals surface area contributed by atoms with Gasteiger partial charge in [-0.2, -0.15) is 0 Å². The largest absolute Gasteiger partial charge is 0.381 e. The van der Waals surface area contributed by atoms with Gasteiger partial charge in [-0.3, -0.25) is 4.79 Å². The number of rotatable bonds is 9. The maximum Gasteiger partial charge on any atom is 0.222 e. The number of ketones is 1. The lowest BCUT2D eigenvalue weighted by Gasteiger charge is -2.29. The van der Waals surface area contributed by atoms with E-state index in [4.69, 9.17) is 16.3 Å². The lowest BCUT2D eigenvalue weighted by atomic mass is 9.86. The number of Topliss-reactive ketones (excluding diaryl/α,β-unsaturated/α-hetero) is 1. The minimum absolute atomic E-state index is 0.184. The number of hydrogen-bond donors (Lipinski definition) is 2. The van der Waals surface area contributed by atoms with Crippen molar-refractivity contribution >= 4 is 40.1 Å². The molecular formula is C26H31ClN6O2. The van der Waals surface area contributed by atoms with Crippen LogP contribution in [0.25, 0.3) is 10.9 Å². The Labute approximate surface area is 210 Å². The van der Waals surface area contributed by atoms with Crippen molar-refractivity contribution in [3.05, 3.63) is 47.5 Å². The third-order valence-corrected chi connectivity index (χ3v) is 7.44. The molecule has 2 fully saturated rings. The van der Waals surface area contributed by atoms with Crippen LogP contribution in [0.4, 0.5) is 11.8 Å². The van der Waals surface area contributed by atoms with Crippen molar-refractivity contribution in [1.82, 2.24) is 19.9 Å². The topological polar surface area (TPSA) is 102 Å². The first-order chi connectivity index (χ1) is 17.0. The van der Waals surface area contributed by atoms with Crippen LogP contribution in [0.15, 0.2) is 36.8 Å². The standard InChI is InChI=1S/C26H31ClN6O2/c1-16(22(34)10-18-14-35-15-18)20-12-30-26(31-13-20)29-11-17-2-5-21(6-3-17)32-23-7-4-19-8-9-28-25(27)24(19)33-23/h4,7-9,12-13,16-18,21H,2-3,5-6,10-11,14-15H2,1H3,(H,32,33)(H,29,30,31)/t16-,17?,21?/m1/s1. The van der Waals surface area contributed by atoms with E-state index in [0.29, 0.717) is 48.6 Å². The van der Waals surface area contributed by atoms with Crippen LogP contribution in [-0.4, -0.2) is 51.5 Å². The second-order valence-corrected chi connectivity index (χ2v) is 10.1. The SMILES string of the molecule is C[C@@H](C(=O)CC1COC1)c1cnc(NCC2CCC(Nc3ccc4ccnc(Cl)c4n3)CC2)nc1. The van der Waals surface area contributed by atoms with E-state index >= 15 is 0 Å². The van der Waals surface area contributed by atoms with Crippen molar-refractivity contribution < 1.29 is 9.53 Å². The summed E-state index contributed by atoms with van der Waals surface area (Å²) in [5.74, 6) is 2.45. The highest BCUT2D eigenvalue weighted by atomic mass is 35.5. The highest BCUT2D eigenvalue weighted by Crippen LogP contribution is 2.28. The van der Waals surface area contributed by atoms with Gasteiger partial charge in [0.2, 0.25) is 5.95 Å². The molecule has 0 spiro atoms. The van der Waals surface area contributed by atoms with Gasteiger partial charge < -0.3 is 15.4 Å². The fourth-order valence-electron chi connectivity index (χ4n) is 4.75. The Balaban J connectivity index is 1.06. The van der Waals surface area contributed by atoms with Gasteiger partial charge in [0.05, 0.1) is 13.2 Å². The number of ether oxygens (including phenoxy) is 1. The van der Waals surface area contributed by atoms with E-state index in [0.717, 1.165) is 54.5 Å². The number of aromatic nitrogens is 4. The van der Waals surface area contributed by atoms with Gasteiger partial charge in [-0.05, 0) is 55.4 Å². The minimum Gasteiger partial charge on any atom is -0.381 e. The summed E-state index contributed by atoms with van der Waals surface area (Å²) in [6, 6.07) is 6.34. The van der Waals surface area contributed by atoms with E-state index in [-0.39, 0.29) is 11.7 Å². The van der Waals surface area contributed by atoms with Crippen LogP contribution in [0.1, 0.15) is 50.5 Å². The average molecular weight is 495 g/mol. The number of carbonyl (C=O) groups is 1. The highest BCUT2D eigenvalue weighted by Gasteiger charge is 2.26. The summed E-state index contributed by atoms with van der Waals surface area (Å²) in [5, 5.41) is 8.36. The molecule has 1 saturated heterocycles. The van der Waals surface area contributed by atoms with Crippen LogP contribution in [0.3, 0.4) is 0 Å².